The lowest BCUT2D eigenvalue weighted by atomic mass is 10.1. The first kappa shape index (κ1) is 21.7. The molecule has 0 atom stereocenters. The van der Waals surface area contributed by atoms with Gasteiger partial charge in [-0.05, 0) is 17.5 Å². The number of anilines is 1. The fourth-order valence-corrected chi connectivity index (χ4v) is 3.98. The van der Waals surface area contributed by atoms with Crippen LogP contribution in [0.4, 0.5) is 5.82 Å². The predicted molar refractivity (Wildman–Crippen MR) is 116 cm³/mol. The Bertz CT molecular complexity index is 1250. The number of amides is 1. The summed E-state index contributed by atoms with van der Waals surface area (Å²) >= 11 is 7.53. The van der Waals surface area contributed by atoms with E-state index in [1.165, 1.54) is 25.9 Å². The van der Waals surface area contributed by atoms with Gasteiger partial charge in [-0.3, -0.25) is 23.5 Å². The third-order valence-electron chi connectivity index (χ3n) is 4.32. The van der Waals surface area contributed by atoms with Crippen LogP contribution in [0.5, 0.6) is 0 Å². The molecular weight excluding hydrogens is 430 g/mol. The second kappa shape index (κ2) is 9.19. The zero-order chi connectivity index (χ0) is 21.8. The summed E-state index contributed by atoms with van der Waals surface area (Å²) in [5.41, 5.74) is -1.14. The molecule has 0 bridgehead atoms. The fourth-order valence-electron chi connectivity index (χ4n) is 2.74. The molecule has 0 fully saturated rings. The van der Waals surface area contributed by atoms with Gasteiger partial charge in [0, 0.05) is 35.5 Å². The predicted octanol–water partition coefficient (Wildman–Crippen LogP) is 2.16. The van der Waals surface area contributed by atoms with Gasteiger partial charge < -0.3 is 10.1 Å². The Labute approximate surface area is 180 Å². The van der Waals surface area contributed by atoms with E-state index in [0.717, 1.165) is 30.9 Å². The van der Waals surface area contributed by atoms with Crippen molar-refractivity contribution >= 4 is 51.8 Å². The molecule has 0 saturated heterocycles. The number of rotatable bonds is 6. The molecule has 1 N–H and O–H groups in total. The number of hydrogen-bond acceptors (Lipinski definition) is 6. The second-order valence-corrected chi connectivity index (χ2v) is 7.78. The van der Waals surface area contributed by atoms with E-state index in [1.807, 2.05) is 30.3 Å². The zero-order valence-corrected chi connectivity index (χ0v) is 17.7. The van der Waals surface area contributed by atoms with Gasteiger partial charge in [0.15, 0.2) is 6.61 Å². The summed E-state index contributed by atoms with van der Waals surface area (Å²) < 4.78 is 7.01. The summed E-state index contributed by atoms with van der Waals surface area (Å²) in [6, 6.07) is 12.3. The van der Waals surface area contributed by atoms with Gasteiger partial charge in [0.25, 0.3) is 11.5 Å². The van der Waals surface area contributed by atoms with Gasteiger partial charge in [-0.25, -0.2) is 4.79 Å². The Morgan fingerprint density at radius 2 is 1.80 bits per heavy atom. The highest BCUT2D eigenvalue weighted by atomic mass is 35.5. The number of hydrogen-bond donors (Lipinski definition) is 1. The molecule has 156 valence electrons. The minimum absolute atomic E-state index is 0.0119. The van der Waals surface area contributed by atoms with E-state index < -0.39 is 29.7 Å². The Morgan fingerprint density at radius 1 is 1.10 bits per heavy atom. The van der Waals surface area contributed by atoms with Crippen molar-refractivity contribution in [2.45, 2.75) is 4.90 Å². The lowest BCUT2D eigenvalue weighted by Crippen LogP contribution is -2.38. The minimum Gasteiger partial charge on any atom is -0.455 e. The van der Waals surface area contributed by atoms with Crippen LogP contribution in [0, 0.1) is 0 Å². The molecular formula is C20H18ClN3O5S. The van der Waals surface area contributed by atoms with Crippen molar-refractivity contribution in [3.05, 3.63) is 68.3 Å². The quantitative estimate of drug-likeness (QED) is 0.459. The molecule has 10 heteroatoms. The maximum Gasteiger partial charge on any atom is 0.332 e. The van der Waals surface area contributed by atoms with E-state index in [0.29, 0.717) is 5.02 Å². The molecule has 8 nitrogen and oxygen atoms in total. The fraction of sp³-hybridized carbons (Fsp3) is 0.200. The highest BCUT2D eigenvalue weighted by molar-refractivity contribution is 8.00. The molecule has 1 heterocycles. The largest absolute Gasteiger partial charge is 0.455 e. The normalized spacial score (nSPS) is 10.8. The molecule has 30 heavy (non-hydrogen) atoms. The number of fused-ring (bicyclic) bond motifs is 1. The Balaban J connectivity index is 1.58. The van der Waals surface area contributed by atoms with Crippen LogP contribution in [0.2, 0.25) is 5.02 Å². The smallest absolute Gasteiger partial charge is 0.332 e. The molecule has 0 aliphatic rings. The summed E-state index contributed by atoms with van der Waals surface area (Å²) in [5.74, 6) is -1.24. The van der Waals surface area contributed by atoms with Crippen molar-refractivity contribution in [2.75, 3.05) is 17.7 Å². The van der Waals surface area contributed by atoms with Crippen molar-refractivity contribution in [1.29, 1.82) is 0 Å². The van der Waals surface area contributed by atoms with Crippen LogP contribution in [0.15, 0.2) is 56.9 Å². The topological polar surface area (TPSA) is 99.4 Å². The second-order valence-electron chi connectivity index (χ2n) is 6.36. The SMILES string of the molecule is Cn1c(NC(=O)COC(=O)CSc2cccc3cccc(Cl)c23)cc(=O)n(C)c1=O. The van der Waals surface area contributed by atoms with Gasteiger partial charge in [-0.2, -0.15) is 0 Å². The Kier molecular flexibility index (Phi) is 6.63. The van der Waals surface area contributed by atoms with E-state index in [-0.39, 0.29) is 11.6 Å². The average Bonchev–Trinajstić information content (AvgIpc) is 2.73. The first-order valence-corrected chi connectivity index (χ1v) is 10.2. The van der Waals surface area contributed by atoms with Crippen molar-refractivity contribution in [2.24, 2.45) is 14.1 Å². The minimum atomic E-state index is -0.662. The van der Waals surface area contributed by atoms with E-state index in [4.69, 9.17) is 16.3 Å². The molecule has 0 unspecified atom stereocenters. The zero-order valence-electron chi connectivity index (χ0n) is 16.2. The van der Waals surface area contributed by atoms with E-state index >= 15 is 0 Å². The van der Waals surface area contributed by atoms with Crippen LogP contribution in [0.3, 0.4) is 0 Å². The first-order chi connectivity index (χ1) is 14.3. The molecule has 0 aliphatic carbocycles. The Hall–Kier alpha value is -3.04. The highest BCUT2D eigenvalue weighted by Gasteiger charge is 2.13. The van der Waals surface area contributed by atoms with E-state index in [9.17, 15) is 19.2 Å². The lowest BCUT2D eigenvalue weighted by Gasteiger charge is -2.11. The van der Waals surface area contributed by atoms with Crippen LogP contribution < -0.4 is 16.6 Å². The van der Waals surface area contributed by atoms with Crippen LogP contribution in [0.25, 0.3) is 10.8 Å². The van der Waals surface area contributed by atoms with E-state index in [1.54, 1.807) is 6.07 Å². The number of halogens is 1. The number of aromatic nitrogens is 2. The van der Waals surface area contributed by atoms with Crippen molar-refractivity contribution in [3.8, 4) is 0 Å². The van der Waals surface area contributed by atoms with Crippen LogP contribution in [-0.2, 0) is 28.4 Å². The summed E-state index contributed by atoms with van der Waals surface area (Å²) in [6.45, 7) is -0.543. The molecule has 0 aliphatic heterocycles. The average molecular weight is 448 g/mol. The van der Waals surface area contributed by atoms with Crippen molar-refractivity contribution in [3.63, 3.8) is 0 Å². The van der Waals surface area contributed by atoms with Crippen LogP contribution in [0.1, 0.15) is 0 Å². The number of esters is 1. The molecule has 1 amide bonds. The summed E-state index contributed by atoms with van der Waals surface area (Å²) in [6.07, 6.45) is 0. The summed E-state index contributed by atoms with van der Waals surface area (Å²) in [4.78, 5) is 48.5. The highest BCUT2D eigenvalue weighted by Crippen LogP contribution is 2.33. The van der Waals surface area contributed by atoms with Gasteiger partial charge in [-0.15, -0.1) is 11.8 Å². The van der Waals surface area contributed by atoms with Gasteiger partial charge >= 0.3 is 11.7 Å². The standard InChI is InChI=1S/C20H18ClN3O5S/c1-23-15(9-17(26)24(2)20(23)28)22-16(25)10-29-18(27)11-30-14-8-4-6-12-5-3-7-13(21)19(12)14/h3-9H,10-11H2,1-2H3,(H,22,25). The molecule has 0 radical (unpaired) electrons. The number of carbonyl (C=O) groups excluding carboxylic acids is 2. The van der Waals surface area contributed by atoms with Crippen LogP contribution >= 0.6 is 23.4 Å². The molecule has 0 spiro atoms. The van der Waals surface area contributed by atoms with Gasteiger partial charge in [-0.1, -0.05) is 35.9 Å². The molecule has 3 rings (SSSR count). The molecule has 2 aromatic carbocycles. The Morgan fingerprint density at radius 3 is 2.53 bits per heavy atom. The summed E-state index contributed by atoms with van der Waals surface area (Å²) in [5, 5.41) is 4.78. The number of benzene rings is 2. The summed E-state index contributed by atoms with van der Waals surface area (Å²) in [7, 11) is 2.74. The molecule has 3 aromatic rings. The third-order valence-corrected chi connectivity index (χ3v) is 5.67. The van der Waals surface area contributed by atoms with Crippen molar-refractivity contribution in [1.82, 2.24) is 9.13 Å². The van der Waals surface area contributed by atoms with Crippen LogP contribution in [-0.4, -0.2) is 33.4 Å². The first-order valence-electron chi connectivity index (χ1n) is 8.80. The number of carbonyl (C=O) groups is 2. The maximum absolute atomic E-state index is 12.0. The van der Waals surface area contributed by atoms with E-state index in [2.05, 4.69) is 5.32 Å². The lowest BCUT2D eigenvalue weighted by molar-refractivity contribution is -0.144. The van der Waals surface area contributed by atoms with Gasteiger partial charge in [0.2, 0.25) is 0 Å². The number of ether oxygens (including phenoxy) is 1. The maximum atomic E-state index is 12.0. The monoisotopic (exact) mass is 447 g/mol. The molecule has 1 aromatic heterocycles. The van der Waals surface area contributed by atoms with Gasteiger partial charge in [0.05, 0.1) is 5.75 Å². The number of nitrogens with zero attached hydrogens (tertiary/aromatic N) is 2. The van der Waals surface area contributed by atoms with Crippen molar-refractivity contribution < 1.29 is 14.3 Å². The number of thioether (sulfide) groups is 1. The number of nitrogens with one attached hydrogen (secondary N) is 1. The molecule has 0 saturated carbocycles. The third kappa shape index (κ3) is 4.74. The van der Waals surface area contributed by atoms with Gasteiger partial charge in [0.1, 0.15) is 5.82 Å².